The fourth-order valence-corrected chi connectivity index (χ4v) is 3.33. The van der Waals surface area contributed by atoms with E-state index in [9.17, 15) is 0 Å². The Morgan fingerprint density at radius 1 is 1.33 bits per heavy atom. The fraction of sp³-hybridized carbons (Fsp3) is 0.846. The lowest BCUT2D eigenvalue weighted by Crippen LogP contribution is -2.31. The van der Waals surface area contributed by atoms with Crippen molar-refractivity contribution in [3.8, 4) is 0 Å². The number of unbranched alkanes of at least 4 members (excludes halogenated alkanes) is 2. The second-order valence-electron chi connectivity index (χ2n) is 5.33. The normalized spacial score (nSPS) is 46.3. The molecule has 3 rings (SSSR count). The molecule has 0 aromatic heterocycles. The summed E-state index contributed by atoms with van der Waals surface area (Å²) in [7, 11) is 0. The fourth-order valence-electron chi connectivity index (χ4n) is 3.33. The van der Waals surface area contributed by atoms with E-state index in [1.807, 2.05) is 0 Å². The van der Waals surface area contributed by atoms with Gasteiger partial charge >= 0.3 is 0 Å². The first-order valence-corrected chi connectivity index (χ1v) is 6.27. The first-order valence-electron chi connectivity index (χ1n) is 6.27. The first-order chi connectivity index (χ1) is 7.29. The lowest BCUT2D eigenvalue weighted by Gasteiger charge is -2.24. The predicted octanol–water partition coefficient (Wildman–Crippen LogP) is 2.68. The summed E-state index contributed by atoms with van der Waals surface area (Å²) in [5.74, 6) is 0.629. The molecule has 2 saturated heterocycles. The molecule has 1 spiro atoms. The molecule has 3 aliphatic rings. The summed E-state index contributed by atoms with van der Waals surface area (Å²) in [5, 5.41) is 0. The maximum Gasteiger partial charge on any atom is 0.116 e. The lowest BCUT2D eigenvalue weighted by atomic mass is 9.79. The third-order valence-electron chi connectivity index (χ3n) is 4.20. The molecule has 0 aromatic carbocycles. The van der Waals surface area contributed by atoms with Crippen molar-refractivity contribution < 1.29 is 9.47 Å². The molecule has 0 aliphatic carbocycles. The Labute approximate surface area is 91.6 Å². The van der Waals surface area contributed by atoms with Crippen LogP contribution < -0.4 is 0 Å². The smallest absolute Gasteiger partial charge is 0.116 e. The van der Waals surface area contributed by atoms with Gasteiger partial charge in [0.1, 0.15) is 5.60 Å². The maximum atomic E-state index is 6.28. The largest absolute Gasteiger partial charge is 0.378 e. The molecule has 0 N–H and O–H groups in total. The predicted molar refractivity (Wildman–Crippen MR) is 58.8 cm³/mol. The van der Waals surface area contributed by atoms with Gasteiger partial charge in [0, 0.05) is 5.92 Å². The number of rotatable bonds is 4. The van der Waals surface area contributed by atoms with E-state index in [1.54, 1.807) is 0 Å². The van der Waals surface area contributed by atoms with E-state index in [4.69, 9.17) is 9.47 Å². The summed E-state index contributed by atoms with van der Waals surface area (Å²) in [6, 6.07) is 0. The van der Waals surface area contributed by atoms with E-state index in [-0.39, 0.29) is 11.2 Å². The molecule has 3 aliphatic heterocycles. The van der Waals surface area contributed by atoms with Crippen molar-refractivity contribution in [2.24, 2.45) is 5.92 Å². The van der Waals surface area contributed by atoms with E-state index < -0.39 is 0 Å². The minimum Gasteiger partial charge on any atom is -0.378 e. The molecule has 2 nitrogen and oxygen atoms in total. The van der Waals surface area contributed by atoms with E-state index in [0.29, 0.717) is 5.92 Å². The topological polar surface area (TPSA) is 18.5 Å². The number of hydrogen-bond acceptors (Lipinski definition) is 2. The Morgan fingerprint density at radius 3 is 3.07 bits per heavy atom. The van der Waals surface area contributed by atoms with E-state index in [2.05, 4.69) is 19.1 Å². The molecule has 15 heavy (non-hydrogen) atoms. The van der Waals surface area contributed by atoms with E-state index in [0.717, 1.165) is 13.2 Å². The Morgan fingerprint density at radius 2 is 2.27 bits per heavy atom. The molecule has 84 valence electrons. The van der Waals surface area contributed by atoms with Gasteiger partial charge < -0.3 is 9.47 Å². The van der Waals surface area contributed by atoms with Crippen molar-refractivity contribution in [3.63, 3.8) is 0 Å². The number of ether oxygens (including phenoxy) is 2. The third kappa shape index (κ3) is 1.38. The van der Waals surface area contributed by atoms with E-state index in [1.165, 1.54) is 32.1 Å². The van der Waals surface area contributed by atoms with Gasteiger partial charge in [-0.3, -0.25) is 0 Å². The minimum atomic E-state index is -0.0216. The van der Waals surface area contributed by atoms with Crippen LogP contribution in [0.2, 0.25) is 0 Å². The summed E-state index contributed by atoms with van der Waals surface area (Å²) < 4.78 is 11.8. The average Bonchev–Trinajstić information content (AvgIpc) is 2.83. The average molecular weight is 208 g/mol. The Bertz CT molecular complexity index is 286. The second kappa shape index (κ2) is 3.33. The summed E-state index contributed by atoms with van der Waals surface area (Å²) in [4.78, 5) is 0. The standard InChI is InChI=1S/C13H20O2/c1-2-3-4-5-12-6-7-13(15-12)10-14-9-11(13)8-12/h6-7,11H,2-5,8-10H2,1H3/t11-,12+,13+/m0/s1. The van der Waals surface area contributed by atoms with Gasteiger partial charge in [-0.25, -0.2) is 0 Å². The van der Waals surface area contributed by atoms with Gasteiger partial charge in [-0.2, -0.15) is 0 Å². The maximum absolute atomic E-state index is 6.28. The Kier molecular flexibility index (Phi) is 2.18. The SMILES string of the molecule is CCCCC[C@@]12C=C[C@]3(COC[C@@H]3C1)O2. The van der Waals surface area contributed by atoms with Crippen LogP contribution >= 0.6 is 0 Å². The molecular formula is C13H20O2. The van der Waals surface area contributed by atoms with Crippen molar-refractivity contribution in [3.05, 3.63) is 12.2 Å². The van der Waals surface area contributed by atoms with Gasteiger partial charge in [0.15, 0.2) is 0 Å². The van der Waals surface area contributed by atoms with Gasteiger partial charge in [0.05, 0.1) is 18.8 Å². The van der Waals surface area contributed by atoms with Gasteiger partial charge in [-0.15, -0.1) is 0 Å². The minimum absolute atomic E-state index is 0.0216. The molecular weight excluding hydrogens is 188 g/mol. The number of fused-ring (bicyclic) bond motifs is 1. The summed E-state index contributed by atoms with van der Waals surface area (Å²) >= 11 is 0. The van der Waals surface area contributed by atoms with Crippen LogP contribution in [-0.2, 0) is 9.47 Å². The lowest BCUT2D eigenvalue weighted by molar-refractivity contribution is -0.0535. The van der Waals surface area contributed by atoms with Crippen LogP contribution in [0.5, 0.6) is 0 Å². The monoisotopic (exact) mass is 208 g/mol. The van der Waals surface area contributed by atoms with Crippen LogP contribution in [-0.4, -0.2) is 24.4 Å². The molecule has 0 amide bonds. The summed E-state index contributed by atoms with van der Waals surface area (Å²) in [6.45, 7) is 3.94. The van der Waals surface area contributed by atoms with Crippen molar-refractivity contribution in [1.29, 1.82) is 0 Å². The zero-order chi connectivity index (χ0) is 10.4. The zero-order valence-electron chi connectivity index (χ0n) is 9.50. The molecule has 0 unspecified atom stereocenters. The van der Waals surface area contributed by atoms with Crippen LogP contribution in [0.1, 0.15) is 39.0 Å². The van der Waals surface area contributed by atoms with Crippen molar-refractivity contribution >= 4 is 0 Å². The quantitative estimate of drug-likeness (QED) is 0.522. The third-order valence-corrected chi connectivity index (χ3v) is 4.20. The molecule has 3 heterocycles. The van der Waals surface area contributed by atoms with Crippen LogP contribution in [0.3, 0.4) is 0 Å². The second-order valence-corrected chi connectivity index (χ2v) is 5.33. The summed E-state index contributed by atoms with van der Waals surface area (Å²) in [6.07, 6.45) is 10.9. The molecule has 0 saturated carbocycles. The van der Waals surface area contributed by atoms with Crippen LogP contribution in [0.25, 0.3) is 0 Å². The Hall–Kier alpha value is -0.340. The van der Waals surface area contributed by atoms with Crippen LogP contribution in [0.15, 0.2) is 12.2 Å². The Balaban J connectivity index is 1.68. The van der Waals surface area contributed by atoms with Crippen molar-refractivity contribution in [2.45, 2.75) is 50.2 Å². The van der Waals surface area contributed by atoms with Gasteiger partial charge in [0.2, 0.25) is 0 Å². The molecule has 2 heteroatoms. The molecule has 2 bridgehead atoms. The first kappa shape index (κ1) is 9.86. The van der Waals surface area contributed by atoms with Gasteiger partial charge in [-0.05, 0) is 12.8 Å². The van der Waals surface area contributed by atoms with Crippen molar-refractivity contribution in [1.82, 2.24) is 0 Å². The van der Waals surface area contributed by atoms with Crippen LogP contribution in [0, 0.1) is 5.92 Å². The van der Waals surface area contributed by atoms with E-state index >= 15 is 0 Å². The highest BCUT2D eigenvalue weighted by atomic mass is 16.6. The molecule has 3 atom stereocenters. The summed E-state index contributed by atoms with van der Waals surface area (Å²) in [5.41, 5.74) is 0.0653. The number of hydrogen-bond donors (Lipinski definition) is 0. The van der Waals surface area contributed by atoms with Crippen LogP contribution in [0.4, 0.5) is 0 Å². The molecule has 0 radical (unpaired) electrons. The van der Waals surface area contributed by atoms with Gasteiger partial charge in [-0.1, -0.05) is 38.3 Å². The molecule has 2 fully saturated rings. The molecule has 0 aromatic rings. The highest BCUT2D eigenvalue weighted by Crippen LogP contribution is 2.54. The zero-order valence-corrected chi connectivity index (χ0v) is 9.50. The van der Waals surface area contributed by atoms with Crippen molar-refractivity contribution in [2.75, 3.05) is 13.2 Å². The highest BCUT2D eigenvalue weighted by molar-refractivity contribution is 5.28. The highest BCUT2D eigenvalue weighted by Gasteiger charge is 2.59. The van der Waals surface area contributed by atoms with Gasteiger partial charge in [0.25, 0.3) is 0 Å².